The molecule has 0 unspecified atom stereocenters. The van der Waals surface area contributed by atoms with Crippen molar-refractivity contribution in [2.45, 2.75) is 0 Å². The minimum atomic E-state index is 0.243. The van der Waals surface area contributed by atoms with Crippen molar-refractivity contribution >= 4 is 22.1 Å². The molecular formula is C8H6BrNO2. The number of fused-ring (bicyclic) bond motifs is 1. The normalized spacial score (nSPS) is 13.1. The van der Waals surface area contributed by atoms with E-state index >= 15 is 0 Å². The van der Waals surface area contributed by atoms with Crippen LogP contribution in [-0.2, 0) is 0 Å². The van der Waals surface area contributed by atoms with Crippen molar-refractivity contribution in [3.05, 3.63) is 22.2 Å². The lowest BCUT2D eigenvalue weighted by Crippen LogP contribution is -1.94. The first-order valence-corrected chi connectivity index (χ1v) is 4.21. The molecule has 1 heterocycles. The van der Waals surface area contributed by atoms with Crippen molar-refractivity contribution in [2.75, 3.05) is 6.79 Å². The Morgan fingerprint density at radius 3 is 3.00 bits per heavy atom. The van der Waals surface area contributed by atoms with Gasteiger partial charge < -0.3 is 14.9 Å². The molecule has 62 valence electrons. The summed E-state index contributed by atoms with van der Waals surface area (Å²) in [6, 6.07) is 3.66. The first kappa shape index (κ1) is 7.61. The van der Waals surface area contributed by atoms with Crippen molar-refractivity contribution in [1.29, 1.82) is 5.41 Å². The van der Waals surface area contributed by atoms with E-state index < -0.39 is 0 Å². The largest absolute Gasteiger partial charge is 0.454 e. The molecule has 0 saturated carbocycles. The quantitative estimate of drug-likeness (QED) is 0.748. The third-order valence-electron chi connectivity index (χ3n) is 1.67. The van der Waals surface area contributed by atoms with Gasteiger partial charge in [-0.2, -0.15) is 0 Å². The zero-order valence-electron chi connectivity index (χ0n) is 6.13. The van der Waals surface area contributed by atoms with Gasteiger partial charge in [-0.25, -0.2) is 0 Å². The molecule has 0 radical (unpaired) electrons. The molecule has 3 nitrogen and oxygen atoms in total. The Labute approximate surface area is 77.9 Å². The standard InChI is InChI=1S/C8H6BrNO2/c9-6-1-2-7-8(5(6)3-10)12-4-11-7/h1-3,10H,4H2. The molecule has 1 aliphatic rings. The number of halogens is 1. The molecule has 1 aliphatic heterocycles. The second-order valence-corrected chi connectivity index (χ2v) is 3.19. The zero-order valence-corrected chi connectivity index (χ0v) is 7.72. The van der Waals surface area contributed by atoms with Crippen LogP contribution >= 0.6 is 15.9 Å². The van der Waals surface area contributed by atoms with E-state index in [1.807, 2.05) is 12.1 Å². The highest BCUT2D eigenvalue weighted by Gasteiger charge is 2.18. The van der Waals surface area contributed by atoms with E-state index in [1.165, 1.54) is 6.21 Å². The van der Waals surface area contributed by atoms with Crippen LogP contribution < -0.4 is 9.47 Å². The Bertz CT molecular complexity index is 338. The number of hydrogen-bond acceptors (Lipinski definition) is 3. The Morgan fingerprint density at radius 2 is 2.25 bits per heavy atom. The summed E-state index contributed by atoms with van der Waals surface area (Å²) < 4.78 is 11.2. The molecule has 0 amide bonds. The van der Waals surface area contributed by atoms with Crippen LogP contribution in [0.5, 0.6) is 11.5 Å². The third-order valence-corrected chi connectivity index (χ3v) is 2.36. The van der Waals surface area contributed by atoms with Gasteiger partial charge in [0.15, 0.2) is 11.5 Å². The van der Waals surface area contributed by atoms with Crippen LogP contribution in [0.1, 0.15) is 5.56 Å². The Kier molecular flexibility index (Phi) is 1.77. The molecule has 1 aromatic carbocycles. The first-order chi connectivity index (χ1) is 5.83. The molecule has 0 aliphatic carbocycles. The summed E-state index contributed by atoms with van der Waals surface area (Å²) in [6.45, 7) is 0.243. The smallest absolute Gasteiger partial charge is 0.231 e. The van der Waals surface area contributed by atoms with Gasteiger partial charge in [0.1, 0.15) is 0 Å². The summed E-state index contributed by atoms with van der Waals surface area (Å²) in [5.74, 6) is 1.36. The topological polar surface area (TPSA) is 42.3 Å². The number of rotatable bonds is 1. The Hall–Kier alpha value is -1.03. The third kappa shape index (κ3) is 0.992. The maximum atomic E-state index is 7.16. The molecule has 0 aromatic heterocycles. The number of hydrogen-bond donors (Lipinski definition) is 1. The zero-order chi connectivity index (χ0) is 8.55. The molecular weight excluding hydrogens is 222 g/mol. The predicted octanol–water partition coefficient (Wildman–Crippen LogP) is 2.18. The maximum Gasteiger partial charge on any atom is 0.231 e. The SMILES string of the molecule is N=Cc1c(Br)ccc2c1OCO2. The van der Waals surface area contributed by atoms with Gasteiger partial charge in [0.05, 0.1) is 5.56 Å². The van der Waals surface area contributed by atoms with Gasteiger partial charge in [-0.3, -0.25) is 0 Å². The van der Waals surface area contributed by atoms with Gasteiger partial charge in [-0.15, -0.1) is 0 Å². The van der Waals surface area contributed by atoms with Crippen LogP contribution in [0, 0.1) is 5.41 Å². The molecule has 0 fully saturated rings. The lowest BCUT2D eigenvalue weighted by atomic mass is 10.2. The van der Waals surface area contributed by atoms with Crippen LogP contribution in [-0.4, -0.2) is 13.0 Å². The lowest BCUT2D eigenvalue weighted by molar-refractivity contribution is 0.174. The second-order valence-electron chi connectivity index (χ2n) is 2.34. The van der Waals surface area contributed by atoms with E-state index in [4.69, 9.17) is 14.9 Å². The lowest BCUT2D eigenvalue weighted by Gasteiger charge is -2.01. The fourth-order valence-electron chi connectivity index (χ4n) is 1.10. The molecule has 2 rings (SSSR count). The summed E-state index contributed by atoms with van der Waals surface area (Å²) in [4.78, 5) is 0. The summed E-state index contributed by atoms with van der Waals surface area (Å²) in [5, 5.41) is 7.16. The van der Waals surface area contributed by atoms with Crippen LogP contribution in [0.3, 0.4) is 0 Å². The van der Waals surface area contributed by atoms with Crippen molar-refractivity contribution in [1.82, 2.24) is 0 Å². The summed E-state index contributed by atoms with van der Waals surface area (Å²) in [7, 11) is 0. The highest BCUT2D eigenvalue weighted by Crippen LogP contribution is 2.38. The molecule has 1 N–H and O–H groups in total. The van der Waals surface area contributed by atoms with E-state index in [2.05, 4.69) is 15.9 Å². The molecule has 0 spiro atoms. The van der Waals surface area contributed by atoms with Crippen molar-refractivity contribution in [3.8, 4) is 11.5 Å². The highest BCUT2D eigenvalue weighted by molar-refractivity contribution is 9.10. The molecule has 4 heteroatoms. The number of nitrogens with one attached hydrogen (secondary N) is 1. The van der Waals surface area contributed by atoms with E-state index in [9.17, 15) is 0 Å². The minimum absolute atomic E-state index is 0.243. The van der Waals surface area contributed by atoms with Gasteiger partial charge in [-0.1, -0.05) is 0 Å². The van der Waals surface area contributed by atoms with Crippen molar-refractivity contribution < 1.29 is 9.47 Å². The van der Waals surface area contributed by atoms with Gasteiger partial charge in [-0.05, 0) is 28.1 Å². The average Bonchev–Trinajstić information content (AvgIpc) is 2.52. The van der Waals surface area contributed by atoms with Gasteiger partial charge >= 0.3 is 0 Å². The number of ether oxygens (including phenoxy) is 2. The summed E-state index contributed by atoms with van der Waals surface area (Å²) >= 11 is 3.32. The molecule has 0 bridgehead atoms. The van der Waals surface area contributed by atoms with E-state index in [-0.39, 0.29) is 6.79 Å². The molecule has 1 aromatic rings. The maximum absolute atomic E-state index is 7.16. The monoisotopic (exact) mass is 227 g/mol. The van der Waals surface area contributed by atoms with E-state index in [0.29, 0.717) is 11.5 Å². The molecule has 0 saturated heterocycles. The highest BCUT2D eigenvalue weighted by atomic mass is 79.9. The fourth-order valence-corrected chi connectivity index (χ4v) is 1.53. The van der Waals surface area contributed by atoms with Crippen LogP contribution in [0.25, 0.3) is 0 Å². The Morgan fingerprint density at radius 1 is 1.42 bits per heavy atom. The van der Waals surface area contributed by atoms with Crippen LogP contribution in [0.4, 0.5) is 0 Å². The fraction of sp³-hybridized carbons (Fsp3) is 0.125. The number of benzene rings is 1. The first-order valence-electron chi connectivity index (χ1n) is 3.41. The van der Waals surface area contributed by atoms with E-state index in [0.717, 1.165) is 10.0 Å². The second kappa shape index (κ2) is 2.79. The van der Waals surface area contributed by atoms with Crippen molar-refractivity contribution in [2.24, 2.45) is 0 Å². The van der Waals surface area contributed by atoms with Gasteiger partial charge in [0.2, 0.25) is 6.79 Å². The average molecular weight is 228 g/mol. The molecule has 12 heavy (non-hydrogen) atoms. The van der Waals surface area contributed by atoms with Gasteiger partial charge in [0, 0.05) is 10.7 Å². The summed E-state index contributed by atoms with van der Waals surface area (Å²) in [6.07, 6.45) is 1.25. The van der Waals surface area contributed by atoms with E-state index in [1.54, 1.807) is 0 Å². The summed E-state index contributed by atoms with van der Waals surface area (Å²) in [5.41, 5.74) is 0.727. The Balaban J connectivity index is 2.65. The van der Waals surface area contributed by atoms with Crippen LogP contribution in [0.2, 0.25) is 0 Å². The van der Waals surface area contributed by atoms with Crippen LogP contribution in [0.15, 0.2) is 16.6 Å². The minimum Gasteiger partial charge on any atom is -0.454 e. The predicted molar refractivity (Wildman–Crippen MR) is 48.2 cm³/mol. The molecule has 0 atom stereocenters. The van der Waals surface area contributed by atoms with Crippen molar-refractivity contribution in [3.63, 3.8) is 0 Å². The van der Waals surface area contributed by atoms with Gasteiger partial charge in [0.25, 0.3) is 0 Å².